The van der Waals surface area contributed by atoms with E-state index in [-0.39, 0.29) is 0 Å². The number of carbonyl (C=O) groups excluding carboxylic acids is 1. The number of unbranched alkanes of at least 4 members (excludes halogenated alkanes) is 10. The number of hydrogen-bond donors (Lipinski definition) is 0. The first-order chi connectivity index (χ1) is 17.8. The zero-order valence-electron chi connectivity index (χ0n) is 24.0. The lowest BCUT2D eigenvalue weighted by atomic mass is 10.0. The predicted octanol–water partition coefficient (Wildman–Crippen LogP) is 11.7. The summed E-state index contributed by atoms with van der Waals surface area (Å²) in [5.74, 6) is 0.484. The van der Waals surface area contributed by atoms with Crippen LogP contribution >= 0.6 is 0 Å². The van der Waals surface area contributed by atoms with Crippen molar-refractivity contribution in [3.8, 4) is 0 Å². The zero-order valence-corrected chi connectivity index (χ0v) is 24.0. The van der Waals surface area contributed by atoms with Crippen LogP contribution in [0.2, 0.25) is 0 Å². The van der Waals surface area contributed by atoms with Gasteiger partial charge in [-0.3, -0.25) is 4.79 Å². The lowest BCUT2D eigenvalue weighted by molar-refractivity contribution is -0.119. The van der Waals surface area contributed by atoms with E-state index in [0.717, 1.165) is 64.2 Å². The second-order valence-corrected chi connectivity index (χ2v) is 9.74. The highest BCUT2D eigenvalue weighted by molar-refractivity contribution is 5.78. The van der Waals surface area contributed by atoms with E-state index in [1.807, 2.05) is 0 Å². The Labute approximate surface area is 225 Å². The summed E-state index contributed by atoms with van der Waals surface area (Å²) in [6.45, 7) is 4.34. The van der Waals surface area contributed by atoms with E-state index in [2.05, 4.69) is 86.8 Å². The summed E-state index contributed by atoms with van der Waals surface area (Å²) >= 11 is 0. The van der Waals surface area contributed by atoms with Gasteiger partial charge < -0.3 is 0 Å². The molecule has 0 amide bonds. The molecule has 0 fully saturated rings. The fourth-order valence-electron chi connectivity index (χ4n) is 4.01. The standard InChI is InChI=1S/C35H58O/c1-3-5-7-9-11-13-15-17-19-21-23-25-27-29-31-33-35(36)34-32-30-28-26-24-22-20-18-16-14-12-10-8-6-4-2/h5-8,11-14,17-20H,3-4,9-10,15-16,21-34H2,1-2H3. The van der Waals surface area contributed by atoms with Crippen molar-refractivity contribution in [2.24, 2.45) is 0 Å². The van der Waals surface area contributed by atoms with Crippen molar-refractivity contribution in [1.29, 1.82) is 0 Å². The Morgan fingerprint density at radius 2 is 0.694 bits per heavy atom. The molecule has 0 aliphatic carbocycles. The molecule has 0 aliphatic heterocycles. The van der Waals surface area contributed by atoms with Crippen LogP contribution < -0.4 is 0 Å². The van der Waals surface area contributed by atoms with E-state index < -0.39 is 0 Å². The lowest BCUT2D eigenvalue weighted by Crippen LogP contribution is -1.97. The van der Waals surface area contributed by atoms with Gasteiger partial charge in [0.1, 0.15) is 5.78 Å². The fraction of sp³-hybridized carbons (Fsp3) is 0.629. The van der Waals surface area contributed by atoms with Crippen molar-refractivity contribution in [2.75, 3.05) is 0 Å². The molecule has 36 heavy (non-hydrogen) atoms. The molecule has 0 rings (SSSR count). The first-order valence-corrected chi connectivity index (χ1v) is 15.2. The third-order valence-electron chi connectivity index (χ3n) is 6.21. The lowest BCUT2D eigenvalue weighted by Gasteiger charge is -2.02. The van der Waals surface area contributed by atoms with E-state index in [1.165, 1.54) is 64.2 Å². The van der Waals surface area contributed by atoms with E-state index >= 15 is 0 Å². The van der Waals surface area contributed by atoms with Crippen LogP contribution in [0.1, 0.15) is 142 Å². The van der Waals surface area contributed by atoms with E-state index in [4.69, 9.17) is 0 Å². The second kappa shape index (κ2) is 31.1. The second-order valence-electron chi connectivity index (χ2n) is 9.74. The third kappa shape index (κ3) is 30.1. The summed E-state index contributed by atoms with van der Waals surface area (Å²) in [4.78, 5) is 12.1. The number of Topliss-reactive ketones (excluding diaryl/α,β-unsaturated/α-hetero) is 1. The number of rotatable bonds is 26. The minimum Gasteiger partial charge on any atom is -0.300 e. The van der Waals surface area contributed by atoms with Crippen LogP contribution in [0.3, 0.4) is 0 Å². The fourth-order valence-corrected chi connectivity index (χ4v) is 4.01. The van der Waals surface area contributed by atoms with Gasteiger partial charge in [-0.15, -0.1) is 0 Å². The highest BCUT2D eigenvalue weighted by Gasteiger charge is 2.01. The summed E-state index contributed by atoms with van der Waals surface area (Å²) in [7, 11) is 0. The third-order valence-corrected chi connectivity index (χ3v) is 6.21. The van der Waals surface area contributed by atoms with Gasteiger partial charge in [-0.1, -0.05) is 125 Å². The van der Waals surface area contributed by atoms with Gasteiger partial charge in [0.15, 0.2) is 0 Å². The molecule has 0 aromatic rings. The Hall–Kier alpha value is -1.89. The molecule has 0 radical (unpaired) electrons. The predicted molar refractivity (Wildman–Crippen MR) is 164 cm³/mol. The van der Waals surface area contributed by atoms with Crippen molar-refractivity contribution in [2.45, 2.75) is 142 Å². The summed E-state index contributed by atoms with van der Waals surface area (Å²) in [5, 5.41) is 0. The number of ketones is 1. The molecule has 0 aromatic heterocycles. The molecule has 0 saturated heterocycles. The van der Waals surface area contributed by atoms with E-state index in [9.17, 15) is 4.79 Å². The van der Waals surface area contributed by atoms with Gasteiger partial charge in [0.05, 0.1) is 0 Å². The Bertz CT molecular complexity index is 575. The smallest absolute Gasteiger partial charge is 0.132 e. The number of hydrogen-bond acceptors (Lipinski definition) is 1. The highest BCUT2D eigenvalue weighted by Crippen LogP contribution is 2.12. The molecule has 0 spiro atoms. The van der Waals surface area contributed by atoms with E-state index in [0.29, 0.717) is 5.78 Å². The summed E-state index contributed by atoms with van der Waals surface area (Å²) in [6, 6.07) is 0. The topological polar surface area (TPSA) is 17.1 Å². The molecule has 0 saturated carbocycles. The molecular formula is C35H58O. The van der Waals surface area contributed by atoms with Crippen LogP contribution in [-0.4, -0.2) is 5.78 Å². The average molecular weight is 495 g/mol. The van der Waals surface area contributed by atoms with Gasteiger partial charge in [-0.05, 0) is 77.0 Å². The minimum absolute atomic E-state index is 0.484. The Kier molecular flexibility index (Phi) is 29.5. The molecule has 0 heterocycles. The first kappa shape index (κ1) is 34.1. The first-order valence-electron chi connectivity index (χ1n) is 15.2. The minimum atomic E-state index is 0.484. The van der Waals surface area contributed by atoms with Crippen LogP contribution in [0.4, 0.5) is 0 Å². The Morgan fingerprint density at radius 1 is 0.389 bits per heavy atom. The van der Waals surface area contributed by atoms with Crippen molar-refractivity contribution in [1.82, 2.24) is 0 Å². The maximum absolute atomic E-state index is 12.1. The maximum atomic E-state index is 12.1. The molecular weight excluding hydrogens is 436 g/mol. The quantitative estimate of drug-likeness (QED) is 0.0863. The normalized spacial score (nSPS) is 12.7. The molecule has 1 heteroatoms. The van der Waals surface area contributed by atoms with Crippen molar-refractivity contribution in [3.63, 3.8) is 0 Å². The Balaban J connectivity index is 3.35. The van der Waals surface area contributed by atoms with Crippen LogP contribution in [0.15, 0.2) is 72.9 Å². The van der Waals surface area contributed by atoms with Gasteiger partial charge in [0.25, 0.3) is 0 Å². The van der Waals surface area contributed by atoms with Crippen molar-refractivity contribution in [3.05, 3.63) is 72.9 Å². The monoisotopic (exact) mass is 494 g/mol. The van der Waals surface area contributed by atoms with Crippen molar-refractivity contribution < 1.29 is 4.79 Å². The van der Waals surface area contributed by atoms with Gasteiger partial charge in [0, 0.05) is 12.8 Å². The van der Waals surface area contributed by atoms with Gasteiger partial charge in [-0.2, -0.15) is 0 Å². The SMILES string of the molecule is CCC=CCC=CCC=CCCCCCCCC(=O)CCCCCCCC=CCC=CCC=CCC. The van der Waals surface area contributed by atoms with Crippen molar-refractivity contribution >= 4 is 5.78 Å². The van der Waals surface area contributed by atoms with Gasteiger partial charge >= 0.3 is 0 Å². The highest BCUT2D eigenvalue weighted by atomic mass is 16.1. The molecule has 0 N–H and O–H groups in total. The molecule has 0 aromatic carbocycles. The summed E-state index contributed by atoms with van der Waals surface area (Å²) in [5.41, 5.74) is 0. The van der Waals surface area contributed by atoms with Crippen LogP contribution in [0.5, 0.6) is 0 Å². The van der Waals surface area contributed by atoms with Gasteiger partial charge in [-0.25, -0.2) is 0 Å². The number of carbonyl (C=O) groups is 1. The zero-order chi connectivity index (χ0) is 26.2. The molecule has 0 atom stereocenters. The average Bonchev–Trinajstić information content (AvgIpc) is 2.88. The molecule has 1 nitrogen and oxygen atoms in total. The largest absolute Gasteiger partial charge is 0.300 e. The van der Waals surface area contributed by atoms with E-state index in [1.54, 1.807) is 0 Å². The van der Waals surface area contributed by atoms with Gasteiger partial charge in [0.2, 0.25) is 0 Å². The van der Waals surface area contributed by atoms with Crippen LogP contribution in [0, 0.1) is 0 Å². The maximum Gasteiger partial charge on any atom is 0.132 e. The Morgan fingerprint density at radius 3 is 1.08 bits per heavy atom. The molecule has 0 unspecified atom stereocenters. The number of allylic oxidation sites excluding steroid dienone is 12. The molecule has 0 bridgehead atoms. The summed E-state index contributed by atoms with van der Waals surface area (Å²) in [6.07, 6.45) is 49.8. The van der Waals surface area contributed by atoms with Crippen LogP contribution in [0.25, 0.3) is 0 Å². The molecule has 0 aliphatic rings. The summed E-state index contributed by atoms with van der Waals surface area (Å²) < 4.78 is 0. The van der Waals surface area contributed by atoms with Crippen LogP contribution in [-0.2, 0) is 4.79 Å². The molecule has 204 valence electrons.